The molecule has 2 fully saturated rings. The largest absolute Gasteiger partial charge is 0.378 e. The van der Waals surface area contributed by atoms with E-state index in [2.05, 4.69) is 19.9 Å². The Morgan fingerprint density at radius 2 is 1.76 bits per heavy atom. The average Bonchev–Trinajstić information content (AvgIpc) is 2.73. The molecule has 2 heteroatoms. The molecule has 29 heavy (non-hydrogen) atoms. The second kappa shape index (κ2) is 9.94. The van der Waals surface area contributed by atoms with E-state index in [1.165, 1.54) is 75.3 Å². The van der Waals surface area contributed by atoms with E-state index in [0.29, 0.717) is 12.0 Å². The molecule has 162 valence electrons. The molecular formula is C27H41FO. The highest BCUT2D eigenvalue weighted by Gasteiger charge is 2.37. The van der Waals surface area contributed by atoms with E-state index in [-0.39, 0.29) is 5.82 Å². The summed E-state index contributed by atoms with van der Waals surface area (Å²) in [6, 6.07) is 4.19. The first-order valence-electron chi connectivity index (χ1n) is 12.6. The van der Waals surface area contributed by atoms with Crippen molar-refractivity contribution in [2.75, 3.05) is 6.61 Å². The van der Waals surface area contributed by atoms with Gasteiger partial charge in [0.05, 0.1) is 6.10 Å². The molecule has 2 saturated carbocycles. The minimum Gasteiger partial charge on any atom is -0.378 e. The molecule has 0 radical (unpaired) electrons. The van der Waals surface area contributed by atoms with Gasteiger partial charge in [0.25, 0.3) is 0 Å². The van der Waals surface area contributed by atoms with Gasteiger partial charge in [-0.1, -0.05) is 39.2 Å². The zero-order valence-electron chi connectivity index (χ0n) is 18.7. The van der Waals surface area contributed by atoms with Gasteiger partial charge in [0.2, 0.25) is 0 Å². The van der Waals surface area contributed by atoms with Crippen LogP contribution in [0.5, 0.6) is 0 Å². The SMILES string of the molecule is CCCCOC1CCC2CC(c3cc4c(cc3F)CC(CCC)CC4)CCC2C1. The summed E-state index contributed by atoms with van der Waals surface area (Å²) in [6.07, 6.45) is 16.3. The molecule has 0 bridgehead atoms. The van der Waals surface area contributed by atoms with Gasteiger partial charge >= 0.3 is 0 Å². The Morgan fingerprint density at radius 1 is 0.931 bits per heavy atom. The molecule has 0 heterocycles. The molecular weight excluding hydrogens is 359 g/mol. The minimum absolute atomic E-state index is 0.0842. The molecule has 5 unspecified atom stereocenters. The predicted octanol–water partition coefficient (Wildman–Crippen LogP) is 7.60. The lowest BCUT2D eigenvalue weighted by Crippen LogP contribution is -2.34. The number of benzene rings is 1. The molecule has 0 aromatic heterocycles. The third-order valence-electron chi connectivity index (χ3n) is 8.20. The van der Waals surface area contributed by atoms with Crippen LogP contribution in [0.4, 0.5) is 4.39 Å². The van der Waals surface area contributed by atoms with E-state index in [1.54, 1.807) is 0 Å². The summed E-state index contributed by atoms with van der Waals surface area (Å²) in [5.74, 6) is 2.88. The van der Waals surface area contributed by atoms with Crippen LogP contribution in [0.3, 0.4) is 0 Å². The van der Waals surface area contributed by atoms with E-state index in [0.717, 1.165) is 49.2 Å². The van der Waals surface area contributed by atoms with Crippen molar-refractivity contribution >= 4 is 0 Å². The summed E-state index contributed by atoms with van der Waals surface area (Å²) >= 11 is 0. The lowest BCUT2D eigenvalue weighted by molar-refractivity contribution is -0.0161. The first-order chi connectivity index (χ1) is 14.2. The fourth-order valence-corrected chi connectivity index (χ4v) is 6.52. The molecule has 5 atom stereocenters. The van der Waals surface area contributed by atoms with E-state index in [9.17, 15) is 0 Å². The number of hydrogen-bond acceptors (Lipinski definition) is 1. The Bertz CT molecular complexity index is 669. The highest BCUT2D eigenvalue weighted by atomic mass is 19.1. The average molecular weight is 401 g/mol. The quantitative estimate of drug-likeness (QED) is 0.428. The standard InChI is InChI=1S/C27H41FO/c1-3-5-13-29-25-12-11-20-15-23(10-9-21(20)16-25)26-17-22-8-7-19(6-4-2)14-24(22)18-27(26)28/h17-21,23,25H,3-16H2,1-2H3. The van der Waals surface area contributed by atoms with Crippen molar-refractivity contribution in [3.8, 4) is 0 Å². The van der Waals surface area contributed by atoms with Gasteiger partial charge in [0.1, 0.15) is 5.82 Å². The van der Waals surface area contributed by atoms with Gasteiger partial charge < -0.3 is 4.74 Å². The van der Waals surface area contributed by atoms with Crippen LogP contribution in [0.15, 0.2) is 12.1 Å². The van der Waals surface area contributed by atoms with Crippen molar-refractivity contribution in [2.24, 2.45) is 17.8 Å². The number of fused-ring (bicyclic) bond motifs is 2. The molecule has 4 rings (SSSR count). The van der Waals surface area contributed by atoms with Crippen LogP contribution in [0.1, 0.15) is 107 Å². The van der Waals surface area contributed by atoms with Crippen molar-refractivity contribution in [3.63, 3.8) is 0 Å². The number of hydrogen-bond donors (Lipinski definition) is 0. The summed E-state index contributed by atoms with van der Waals surface area (Å²) in [5, 5.41) is 0. The highest BCUT2D eigenvalue weighted by molar-refractivity contribution is 5.37. The molecule has 0 saturated heterocycles. The van der Waals surface area contributed by atoms with Crippen LogP contribution < -0.4 is 0 Å². The second-order valence-corrected chi connectivity index (χ2v) is 10.2. The van der Waals surface area contributed by atoms with Crippen molar-refractivity contribution in [3.05, 3.63) is 34.6 Å². The van der Waals surface area contributed by atoms with Crippen LogP contribution >= 0.6 is 0 Å². The molecule has 1 aromatic carbocycles. The predicted molar refractivity (Wildman–Crippen MR) is 119 cm³/mol. The van der Waals surface area contributed by atoms with Gasteiger partial charge in [-0.15, -0.1) is 0 Å². The number of unbranched alkanes of at least 4 members (excludes halogenated alkanes) is 1. The van der Waals surface area contributed by atoms with Gasteiger partial charge in [-0.2, -0.15) is 0 Å². The van der Waals surface area contributed by atoms with Crippen LogP contribution in [0, 0.1) is 23.6 Å². The minimum atomic E-state index is 0.0842. The Hall–Kier alpha value is -0.890. The maximum Gasteiger partial charge on any atom is 0.126 e. The first-order valence-corrected chi connectivity index (χ1v) is 12.6. The Balaban J connectivity index is 1.38. The van der Waals surface area contributed by atoms with E-state index >= 15 is 4.39 Å². The Morgan fingerprint density at radius 3 is 2.59 bits per heavy atom. The maximum atomic E-state index is 15.1. The van der Waals surface area contributed by atoms with Crippen molar-refractivity contribution in [1.82, 2.24) is 0 Å². The molecule has 0 amide bonds. The summed E-state index contributed by atoms with van der Waals surface area (Å²) in [4.78, 5) is 0. The van der Waals surface area contributed by atoms with Gasteiger partial charge in [-0.05, 0) is 111 Å². The topological polar surface area (TPSA) is 9.23 Å². The molecule has 0 spiro atoms. The van der Waals surface area contributed by atoms with Crippen molar-refractivity contribution in [2.45, 2.75) is 109 Å². The highest BCUT2D eigenvalue weighted by Crippen LogP contribution is 2.47. The molecule has 0 aliphatic heterocycles. The Labute approximate surface area is 177 Å². The van der Waals surface area contributed by atoms with Gasteiger partial charge in [-0.3, -0.25) is 0 Å². The molecule has 1 aromatic rings. The van der Waals surface area contributed by atoms with Crippen LogP contribution in [0.2, 0.25) is 0 Å². The monoisotopic (exact) mass is 400 g/mol. The summed E-state index contributed by atoms with van der Waals surface area (Å²) in [7, 11) is 0. The third kappa shape index (κ3) is 5.06. The van der Waals surface area contributed by atoms with Crippen molar-refractivity contribution in [1.29, 1.82) is 0 Å². The maximum absolute atomic E-state index is 15.1. The summed E-state index contributed by atoms with van der Waals surface area (Å²) in [6.45, 7) is 5.42. The van der Waals surface area contributed by atoms with Gasteiger partial charge in [0, 0.05) is 6.61 Å². The zero-order chi connectivity index (χ0) is 20.2. The number of aryl methyl sites for hydroxylation is 1. The fraction of sp³-hybridized carbons (Fsp3) is 0.778. The normalized spacial score (nSPS) is 31.9. The fourth-order valence-electron chi connectivity index (χ4n) is 6.52. The molecule has 3 aliphatic rings. The van der Waals surface area contributed by atoms with Gasteiger partial charge in [-0.25, -0.2) is 4.39 Å². The first kappa shape index (κ1) is 21.3. The number of ether oxygens (including phenoxy) is 1. The smallest absolute Gasteiger partial charge is 0.126 e. The number of halogens is 1. The van der Waals surface area contributed by atoms with E-state index in [4.69, 9.17) is 4.74 Å². The van der Waals surface area contributed by atoms with Crippen LogP contribution in [-0.2, 0) is 17.6 Å². The molecule has 3 aliphatic carbocycles. The van der Waals surface area contributed by atoms with E-state index in [1.807, 2.05) is 6.07 Å². The number of rotatable bonds is 7. The summed E-state index contributed by atoms with van der Waals surface area (Å²) in [5.41, 5.74) is 3.79. The van der Waals surface area contributed by atoms with Crippen LogP contribution in [-0.4, -0.2) is 12.7 Å². The van der Waals surface area contributed by atoms with E-state index < -0.39 is 0 Å². The van der Waals surface area contributed by atoms with Crippen LogP contribution in [0.25, 0.3) is 0 Å². The zero-order valence-corrected chi connectivity index (χ0v) is 18.7. The Kier molecular flexibility index (Phi) is 7.32. The lowest BCUT2D eigenvalue weighted by atomic mass is 9.65. The second-order valence-electron chi connectivity index (χ2n) is 10.2. The lowest BCUT2D eigenvalue weighted by Gasteiger charge is -2.42. The summed E-state index contributed by atoms with van der Waals surface area (Å²) < 4.78 is 21.2. The molecule has 1 nitrogen and oxygen atoms in total. The third-order valence-corrected chi connectivity index (χ3v) is 8.20. The van der Waals surface area contributed by atoms with Crippen molar-refractivity contribution < 1.29 is 9.13 Å². The van der Waals surface area contributed by atoms with Gasteiger partial charge in [0.15, 0.2) is 0 Å². The molecule has 0 N–H and O–H groups in total.